The number of nitrogens with one attached hydrogen (secondary N) is 1. The highest BCUT2D eigenvalue weighted by atomic mass is 35.5. The lowest BCUT2D eigenvalue weighted by molar-refractivity contribution is 0.102. The summed E-state index contributed by atoms with van der Waals surface area (Å²) in [5.41, 5.74) is -0.458. The van der Waals surface area contributed by atoms with Crippen molar-refractivity contribution >= 4 is 39.6 Å². The van der Waals surface area contributed by atoms with Crippen molar-refractivity contribution in [2.75, 3.05) is 5.32 Å². The molecule has 1 N–H and O–H groups in total. The van der Waals surface area contributed by atoms with Gasteiger partial charge in [-0.2, -0.15) is 0 Å². The molecular formula is C12H7ClN4O2S. The highest BCUT2D eigenvalue weighted by Crippen LogP contribution is 2.11. The van der Waals surface area contributed by atoms with Gasteiger partial charge in [0, 0.05) is 24.0 Å². The third-order valence-corrected chi connectivity index (χ3v) is 3.55. The molecule has 0 aliphatic carbocycles. The number of halogens is 1. The van der Waals surface area contributed by atoms with E-state index in [4.69, 9.17) is 11.6 Å². The zero-order valence-corrected chi connectivity index (χ0v) is 11.5. The summed E-state index contributed by atoms with van der Waals surface area (Å²) in [5, 5.41) is 4.72. The number of amides is 1. The summed E-state index contributed by atoms with van der Waals surface area (Å²) in [6, 6.07) is 3.14. The van der Waals surface area contributed by atoms with E-state index in [0.29, 0.717) is 15.8 Å². The van der Waals surface area contributed by atoms with Crippen LogP contribution < -0.4 is 10.9 Å². The summed E-state index contributed by atoms with van der Waals surface area (Å²) >= 11 is 7.03. The zero-order valence-electron chi connectivity index (χ0n) is 9.91. The molecule has 1 amide bonds. The van der Waals surface area contributed by atoms with Crippen molar-refractivity contribution in [3.8, 4) is 0 Å². The summed E-state index contributed by atoms with van der Waals surface area (Å²) in [4.78, 5) is 32.7. The molecule has 0 aromatic carbocycles. The smallest absolute Gasteiger partial charge is 0.271 e. The number of thiazole rings is 1. The maximum Gasteiger partial charge on any atom is 0.271 e. The van der Waals surface area contributed by atoms with Gasteiger partial charge in [-0.05, 0) is 12.1 Å². The molecule has 0 atom stereocenters. The largest absolute Gasteiger partial charge is 0.306 e. The summed E-state index contributed by atoms with van der Waals surface area (Å²) in [7, 11) is 0. The molecule has 6 nitrogen and oxygen atoms in total. The lowest BCUT2D eigenvalue weighted by atomic mass is 10.3. The van der Waals surface area contributed by atoms with Crippen LogP contribution in [0.1, 0.15) is 10.4 Å². The number of carbonyl (C=O) groups excluding carboxylic acids is 1. The van der Waals surface area contributed by atoms with Crippen molar-refractivity contribution in [1.82, 2.24) is 14.4 Å². The minimum atomic E-state index is -0.557. The highest BCUT2D eigenvalue weighted by molar-refractivity contribution is 7.15. The van der Waals surface area contributed by atoms with E-state index in [1.165, 1.54) is 28.1 Å². The van der Waals surface area contributed by atoms with Crippen LogP contribution in [0.5, 0.6) is 0 Å². The van der Waals surface area contributed by atoms with E-state index >= 15 is 0 Å². The molecule has 0 aliphatic rings. The molecule has 0 saturated carbocycles. The quantitative estimate of drug-likeness (QED) is 0.786. The zero-order chi connectivity index (χ0) is 14.1. The Balaban J connectivity index is 1.94. The molecule has 3 aromatic heterocycles. The molecule has 0 fully saturated rings. The first kappa shape index (κ1) is 12.8. The fourth-order valence-electron chi connectivity index (χ4n) is 1.61. The number of hydrogen-bond acceptors (Lipinski definition) is 5. The van der Waals surface area contributed by atoms with Crippen LogP contribution in [0.4, 0.5) is 5.82 Å². The summed E-state index contributed by atoms with van der Waals surface area (Å²) in [6.45, 7) is 0. The van der Waals surface area contributed by atoms with E-state index in [1.54, 1.807) is 23.7 Å². The van der Waals surface area contributed by atoms with Crippen molar-refractivity contribution < 1.29 is 4.79 Å². The first-order valence-corrected chi connectivity index (χ1v) is 6.79. The lowest BCUT2D eigenvalue weighted by Gasteiger charge is -2.03. The number of anilines is 1. The van der Waals surface area contributed by atoms with Gasteiger partial charge in [0.2, 0.25) is 0 Å². The van der Waals surface area contributed by atoms with Gasteiger partial charge in [0.15, 0.2) is 4.96 Å². The minimum absolute atomic E-state index is 0.0438. The second-order valence-electron chi connectivity index (χ2n) is 3.85. The minimum Gasteiger partial charge on any atom is -0.306 e. The van der Waals surface area contributed by atoms with Crippen LogP contribution in [0, 0.1) is 0 Å². The maximum absolute atomic E-state index is 12.1. The van der Waals surface area contributed by atoms with Gasteiger partial charge >= 0.3 is 0 Å². The van der Waals surface area contributed by atoms with Crippen molar-refractivity contribution in [3.63, 3.8) is 0 Å². The molecule has 0 aliphatic heterocycles. The van der Waals surface area contributed by atoms with Crippen LogP contribution in [0.2, 0.25) is 5.02 Å². The Morgan fingerprint density at radius 1 is 1.30 bits per heavy atom. The lowest BCUT2D eigenvalue weighted by Crippen LogP contribution is -2.26. The summed E-state index contributed by atoms with van der Waals surface area (Å²) in [5.74, 6) is -0.243. The second kappa shape index (κ2) is 5.03. The Hall–Kier alpha value is -2.25. The van der Waals surface area contributed by atoms with Crippen LogP contribution in [0.25, 0.3) is 4.96 Å². The normalized spacial score (nSPS) is 10.7. The molecule has 8 heteroatoms. The number of fused-ring (bicyclic) bond motifs is 1. The predicted molar refractivity (Wildman–Crippen MR) is 76.5 cm³/mol. The van der Waals surface area contributed by atoms with Gasteiger partial charge in [0.05, 0.1) is 5.02 Å². The molecule has 20 heavy (non-hydrogen) atoms. The van der Waals surface area contributed by atoms with E-state index in [9.17, 15) is 9.59 Å². The van der Waals surface area contributed by atoms with Crippen molar-refractivity contribution in [1.29, 1.82) is 0 Å². The van der Waals surface area contributed by atoms with Gasteiger partial charge in [0.1, 0.15) is 11.4 Å². The molecule has 100 valence electrons. The Kier molecular flexibility index (Phi) is 3.21. The fraction of sp³-hybridized carbons (Fsp3) is 0. The highest BCUT2D eigenvalue weighted by Gasteiger charge is 2.14. The molecular weight excluding hydrogens is 300 g/mol. The molecule has 3 aromatic rings. The van der Waals surface area contributed by atoms with E-state index in [0.717, 1.165) is 0 Å². The molecule has 0 unspecified atom stereocenters. The first-order valence-electron chi connectivity index (χ1n) is 5.53. The second-order valence-corrected chi connectivity index (χ2v) is 5.16. The van der Waals surface area contributed by atoms with Crippen LogP contribution in [-0.2, 0) is 0 Å². The number of pyridine rings is 1. The van der Waals surface area contributed by atoms with E-state index in [2.05, 4.69) is 15.3 Å². The van der Waals surface area contributed by atoms with Crippen LogP contribution in [-0.4, -0.2) is 20.3 Å². The van der Waals surface area contributed by atoms with E-state index < -0.39 is 11.5 Å². The summed E-state index contributed by atoms with van der Waals surface area (Å²) < 4.78 is 1.33. The topological polar surface area (TPSA) is 76.4 Å². The Labute approximate surface area is 121 Å². The molecule has 3 heterocycles. The third-order valence-electron chi connectivity index (χ3n) is 2.56. The van der Waals surface area contributed by atoms with Crippen LogP contribution >= 0.6 is 22.9 Å². The average molecular weight is 307 g/mol. The number of rotatable bonds is 2. The number of carbonyl (C=O) groups is 1. The molecule has 0 saturated heterocycles. The predicted octanol–water partition coefficient (Wildman–Crippen LogP) is 2.06. The first-order chi connectivity index (χ1) is 9.65. The molecule has 0 radical (unpaired) electrons. The fourth-order valence-corrected chi connectivity index (χ4v) is 2.40. The average Bonchev–Trinajstić information content (AvgIpc) is 2.91. The Morgan fingerprint density at radius 2 is 2.15 bits per heavy atom. The molecule has 0 spiro atoms. The number of hydrogen-bond donors (Lipinski definition) is 1. The van der Waals surface area contributed by atoms with Crippen molar-refractivity contribution in [2.45, 2.75) is 0 Å². The van der Waals surface area contributed by atoms with Crippen molar-refractivity contribution in [2.24, 2.45) is 0 Å². The SMILES string of the molecule is O=C(Nc1ccc(Cl)cn1)c1cnc2sccn2c1=O. The van der Waals surface area contributed by atoms with Crippen LogP contribution in [0.15, 0.2) is 40.9 Å². The third kappa shape index (κ3) is 2.28. The van der Waals surface area contributed by atoms with Gasteiger partial charge in [-0.1, -0.05) is 11.6 Å². The monoisotopic (exact) mass is 306 g/mol. The van der Waals surface area contributed by atoms with Gasteiger partial charge in [-0.15, -0.1) is 11.3 Å². The van der Waals surface area contributed by atoms with E-state index in [-0.39, 0.29) is 5.56 Å². The van der Waals surface area contributed by atoms with Gasteiger partial charge < -0.3 is 5.32 Å². The van der Waals surface area contributed by atoms with E-state index in [1.807, 2.05) is 0 Å². The van der Waals surface area contributed by atoms with Crippen LogP contribution in [0.3, 0.4) is 0 Å². The van der Waals surface area contributed by atoms with Gasteiger partial charge in [-0.25, -0.2) is 9.97 Å². The number of aromatic nitrogens is 3. The molecule has 0 bridgehead atoms. The number of nitrogens with zero attached hydrogens (tertiary/aromatic N) is 3. The Morgan fingerprint density at radius 3 is 2.90 bits per heavy atom. The summed E-state index contributed by atoms with van der Waals surface area (Å²) in [6.07, 6.45) is 4.25. The molecule has 3 rings (SSSR count). The van der Waals surface area contributed by atoms with Gasteiger partial charge in [0.25, 0.3) is 11.5 Å². The van der Waals surface area contributed by atoms with Crippen molar-refractivity contribution in [3.05, 3.63) is 57.0 Å². The van der Waals surface area contributed by atoms with Gasteiger partial charge in [-0.3, -0.25) is 14.0 Å². The standard InChI is InChI=1S/C12H7ClN4O2S/c13-7-1-2-9(14-5-7)16-10(18)8-6-15-12-17(11(8)19)3-4-20-12/h1-6H,(H,14,16,18). The maximum atomic E-state index is 12.1. The Bertz CT molecular complexity index is 841.